The quantitative estimate of drug-likeness (QED) is 0.892. The van der Waals surface area contributed by atoms with Gasteiger partial charge in [0.25, 0.3) is 0 Å². The number of rotatable bonds is 5. The number of sulfone groups is 1. The predicted molar refractivity (Wildman–Crippen MR) is 86.3 cm³/mol. The molecule has 0 unspecified atom stereocenters. The fraction of sp³-hybridized carbons (Fsp3) is 0.667. The zero-order chi connectivity index (χ0) is 15.3. The van der Waals surface area contributed by atoms with Crippen LogP contribution in [0.15, 0.2) is 18.3 Å². The van der Waals surface area contributed by atoms with E-state index >= 15 is 0 Å². The minimum atomic E-state index is -2.86. The van der Waals surface area contributed by atoms with Gasteiger partial charge in [0, 0.05) is 31.5 Å². The lowest BCUT2D eigenvalue weighted by molar-refractivity contribution is 0.548. The molecule has 0 bridgehead atoms. The third kappa shape index (κ3) is 5.28. The maximum absolute atomic E-state index is 11.7. The van der Waals surface area contributed by atoms with Crippen molar-refractivity contribution in [3.05, 3.63) is 24.0 Å². The van der Waals surface area contributed by atoms with Crippen molar-refractivity contribution in [3.63, 3.8) is 0 Å². The monoisotopic (exact) mass is 311 g/mol. The van der Waals surface area contributed by atoms with Gasteiger partial charge in [0.15, 0.2) is 9.84 Å². The van der Waals surface area contributed by atoms with Crippen molar-refractivity contribution in [2.45, 2.75) is 26.8 Å². The number of aromatic nitrogens is 1. The van der Waals surface area contributed by atoms with Crippen LogP contribution in [0.3, 0.4) is 0 Å². The van der Waals surface area contributed by atoms with Crippen molar-refractivity contribution in [3.8, 4) is 0 Å². The van der Waals surface area contributed by atoms with Crippen LogP contribution >= 0.6 is 0 Å². The van der Waals surface area contributed by atoms with Gasteiger partial charge in [-0.1, -0.05) is 13.8 Å². The molecule has 6 heteroatoms. The molecule has 1 aliphatic heterocycles. The number of nitrogens with zero attached hydrogens (tertiary/aromatic N) is 2. The van der Waals surface area contributed by atoms with E-state index in [2.05, 4.69) is 35.1 Å². The van der Waals surface area contributed by atoms with E-state index in [9.17, 15) is 8.42 Å². The molecule has 2 heterocycles. The fourth-order valence-corrected chi connectivity index (χ4v) is 3.72. The molecule has 1 saturated heterocycles. The summed E-state index contributed by atoms with van der Waals surface area (Å²) in [5.41, 5.74) is 2.07. The molecule has 0 amide bonds. The standard InChI is InChI=1S/C15H25N3O2S/c1-13(2)11-16-12-14-10-15(4-5-17-14)18-6-3-8-21(19,20)9-7-18/h4-5,10,13,16H,3,6-9,11-12H2,1-2H3. The number of hydrogen-bond donors (Lipinski definition) is 1. The Bertz CT molecular complexity index is 558. The van der Waals surface area contributed by atoms with Crippen LogP contribution in [0.1, 0.15) is 26.0 Å². The van der Waals surface area contributed by atoms with Gasteiger partial charge in [-0.05, 0) is 31.0 Å². The van der Waals surface area contributed by atoms with Gasteiger partial charge in [0.2, 0.25) is 0 Å². The zero-order valence-corrected chi connectivity index (χ0v) is 13.7. The maximum Gasteiger partial charge on any atom is 0.152 e. The summed E-state index contributed by atoms with van der Waals surface area (Å²) >= 11 is 0. The van der Waals surface area contributed by atoms with E-state index in [4.69, 9.17) is 0 Å². The average molecular weight is 311 g/mol. The van der Waals surface area contributed by atoms with Crippen molar-refractivity contribution < 1.29 is 8.42 Å². The van der Waals surface area contributed by atoms with E-state index in [-0.39, 0.29) is 5.75 Å². The minimum absolute atomic E-state index is 0.246. The molecule has 1 N–H and O–H groups in total. The molecular formula is C15H25N3O2S. The molecule has 1 aromatic heterocycles. The van der Waals surface area contributed by atoms with Gasteiger partial charge in [0.1, 0.15) is 0 Å². The first-order valence-electron chi connectivity index (χ1n) is 7.57. The lowest BCUT2D eigenvalue weighted by atomic mass is 10.2. The van der Waals surface area contributed by atoms with Gasteiger partial charge in [-0.3, -0.25) is 4.98 Å². The van der Waals surface area contributed by atoms with Gasteiger partial charge in [0.05, 0.1) is 17.2 Å². The van der Waals surface area contributed by atoms with Gasteiger partial charge in [-0.15, -0.1) is 0 Å². The Labute approximate surface area is 127 Å². The maximum atomic E-state index is 11.7. The predicted octanol–water partition coefficient (Wildman–Crippen LogP) is 1.45. The summed E-state index contributed by atoms with van der Waals surface area (Å²) in [6.07, 6.45) is 2.51. The third-order valence-electron chi connectivity index (χ3n) is 3.58. The molecule has 1 aromatic rings. The van der Waals surface area contributed by atoms with E-state index in [0.717, 1.165) is 31.0 Å². The van der Waals surface area contributed by atoms with Crippen LogP contribution in [0.5, 0.6) is 0 Å². The second-order valence-electron chi connectivity index (χ2n) is 6.02. The summed E-state index contributed by atoms with van der Waals surface area (Å²) < 4.78 is 23.3. The summed E-state index contributed by atoms with van der Waals surface area (Å²) in [6.45, 7) is 7.43. The molecule has 5 nitrogen and oxygen atoms in total. The zero-order valence-electron chi connectivity index (χ0n) is 12.9. The summed E-state index contributed by atoms with van der Waals surface area (Å²) in [4.78, 5) is 6.53. The normalized spacial score (nSPS) is 18.7. The largest absolute Gasteiger partial charge is 0.370 e. The van der Waals surface area contributed by atoms with E-state index in [1.54, 1.807) is 6.20 Å². The molecule has 118 valence electrons. The number of anilines is 1. The highest BCUT2D eigenvalue weighted by Crippen LogP contribution is 2.17. The summed E-state index contributed by atoms with van der Waals surface area (Å²) in [6, 6.07) is 4.02. The van der Waals surface area contributed by atoms with Crippen molar-refractivity contribution in [1.82, 2.24) is 10.3 Å². The first-order valence-corrected chi connectivity index (χ1v) is 9.39. The Morgan fingerprint density at radius 3 is 2.90 bits per heavy atom. The Hall–Kier alpha value is -1.14. The molecule has 0 atom stereocenters. The molecule has 21 heavy (non-hydrogen) atoms. The smallest absolute Gasteiger partial charge is 0.152 e. The molecule has 0 aliphatic carbocycles. The van der Waals surface area contributed by atoms with Crippen molar-refractivity contribution in [2.75, 3.05) is 36.0 Å². The molecule has 0 radical (unpaired) electrons. The van der Waals surface area contributed by atoms with Gasteiger partial charge >= 0.3 is 0 Å². The molecule has 2 rings (SSSR count). The van der Waals surface area contributed by atoms with Crippen molar-refractivity contribution in [2.24, 2.45) is 5.92 Å². The van der Waals surface area contributed by atoms with E-state index in [1.807, 2.05) is 6.07 Å². The summed E-state index contributed by atoms with van der Waals surface area (Å²) in [5, 5.41) is 3.38. The highest BCUT2D eigenvalue weighted by molar-refractivity contribution is 7.91. The summed E-state index contributed by atoms with van der Waals surface area (Å²) in [5.74, 6) is 1.16. The molecular weight excluding hydrogens is 286 g/mol. The van der Waals surface area contributed by atoms with Crippen LogP contribution in [0.2, 0.25) is 0 Å². The lowest BCUT2D eigenvalue weighted by Crippen LogP contribution is -2.27. The minimum Gasteiger partial charge on any atom is -0.370 e. The first kappa shape index (κ1) is 16.2. The van der Waals surface area contributed by atoms with Crippen LogP contribution in [0, 0.1) is 5.92 Å². The number of hydrogen-bond acceptors (Lipinski definition) is 5. The second kappa shape index (κ2) is 7.22. The van der Waals surface area contributed by atoms with Crippen LogP contribution in [0.4, 0.5) is 5.69 Å². The summed E-state index contributed by atoms with van der Waals surface area (Å²) in [7, 11) is -2.86. The molecule has 0 saturated carbocycles. The Kier molecular flexibility index (Phi) is 5.58. The molecule has 1 fully saturated rings. The number of nitrogens with one attached hydrogen (secondary N) is 1. The SMILES string of the molecule is CC(C)CNCc1cc(N2CCCS(=O)(=O)CC2)ccn1. The van der Waals surface area contributed by atoms with Crippen LogP contribution in [-0.4, -0.2) is 44.5 Å². The van der Waals surface area contributed by atoms with Crippen molar-refractivity contribution >= 4 is 15.5 Å². The van der Waals surface area contributed by atoms with E-state index in [0.29, 0.717) is 24.6 Å². The second-order valence-corrected chi connectivity index (χ2v) is 8.33. The number of pyridine rings is 1. The van der Waals surface area contributed by atoms with Crippen LogP contribution < -0.4 is 10.2 Å². The lowest BCUT2D eigenvalue weighted by Gasteiger charge is -2.22. The van der Waals surface area contributed by atoms with Crippen molar-refractivity contribution in [1.29, 1.82) is 0 Å². The fourth-order valence-electron chi connectivity index (χ4n) is 2.44. The molecule has 0 spiro atoms. The molecule has 1 aliphatic rings. The van der Waals surface area contributed by atoms with Crippen LogP contribution in [0.25, 0.3) is 0 Å². The highest BCUT2D eigenvalue weighted by Gasteiger charge is 2.19. The van der Waals surface area contributed by atoms with Gasteiger partial charge < -0.3 is 10.2 Å². The third-order valence-corrected chi connectivity index (χ3v) is 5.29. The topological polar surface area (TPSA) is 62.3 Å². The van der Waals surface area contributed by atoms with Gasteiger partial charge in [-0.2, -0.15) is 0 Å². The van der Waals surface area contributed by atoms with Crippen LogP contribution in [-0.2, 0) is 16.4 Å². The first-order chi connectivity index (χ1) is 9.96. The average Bonchev–Trinajstić information content (AvgIpc) is 2.60. The Morgan fingerprint density at radius 2 is 2.14 bits per heavy atom. The Morgan fingerprint density at radius 1 is 1.33 bits per heavy atom. The van der Waals surface area contributed by atoms with E-state index in [1.165, 1.54) is 0 Å². The van der Waals surface area contributed by atoms with E-state index < -0.39 is 9.84 Å². The highest BCUT2D eigenvalue weighted by atomic mass is 32.2. The molecule has 0 aromatic carbocycles. The van der Waals surface area contributed by atoms with Gasteiger partial charge in [-0.25, -0.2) is 8.42 Å². The Balaban J connectivity index is 1.99.